The van der Waals surface area contributed by atoms with Crippen LogP contribution in [0.15, 0.2) is 47.6 Å². The molecular formula is C22H33IN4O. The van der Waals surface area contributed by atoms with Crippen LogP contribution in [-0.4, -0.2) is 49.3 Å². The highest BCUT2D eigenvalue weighted by Crippen LogP contribution is 2.36. The molecule has 0 saturated carbocycles. The summed E-state index contributed by atoms with van der Waals surface area (Å²) in [4.78, 5) is 6.70. The molecule has 1 aromatic carbocycles. The first kappa shape index (κ1) is 22.7. The molecule has 28 heavy (non-hydrogen) atoms. The zero-order valence-electron chi connectivity index (χ0n) is 17.4. The van der Waals surface area contributed by atoms with E-state index in [2.05, 4.69) is 83.4 Å². The van der Waals surface area contributed by atoms with E-state index in [0.29, 0.717) is 0 Å². The highest BCUT2D eigenvalue weighted by atomic mass is 127. The summed E-state index contributed by atoms with van der Waals surface area (Å²) >= 11 is 0. The number of ether oxygens (including phenoxy) is 1. The molecule has 1 aromatic heterocycles. The Morgan fingerprint density at radius 3 is 2.54 bits per heavy atom. The maximum atomic E-state index is 5.68. The summed E-state index contributed by atoms with van der Waals surface area (Å²) < 4.78 is 7.83. The monoisotopic (exact) mass is 496 g/mol. The number of benzene rings is 1. The molecule has 1 aliphatic heterocycles. The number of nitrogens with zero attached hydrogens (tertiary/aromatic N) is 3. The third-order valence-electron chi connectivity index (χ3n) is 5.78. The topological polar surface area (TPSA) is 41.8 Å². The van der Waals surface area contributed by atoms with E-state index in [-0.39, 0.29) is 29.4 Å². The molecular weight excluding hydrogens is 463 g/mol. The van der Waals surface area contributed by atoms with Gasteiger partial charge >= 0.3 is 0 Å². The van der Waals surface area contributed by atoms with Crippen molar-refractivity contribution in [2.24, 2.45) is 12.0 Å². The van der Waals surface area contributed by atoms with Crippen molar-refractivity contribution in [2.75, 3.05) is 33.9 Å². The van der Waals surface area contributed by atoms with E-state index in [1.165, 1.54) is 16.8 Å². The largest absolute Gasteiger partial charge is 0.381 e. The molecule has 0 bridgehead atoms. The quantitative estimate of drug-likeness (QED) is 0.390. The van der Waals surface area contributed by atoms with Gasteiger partial charge in [0.25, 0.3) is 0 Å². The van der Waals surface area contributed by atoms with E-state index in [1.807, 2.05) is 7.05 Å². The summed E-state index contributed by atoms with van der Waals surface area (Å²) in [5.41, 5.74) is 4.14. The normalized spacial score (nSPS) is 16.4. The highest BCUT2D eigenvalue weighted by Gasteiger charge is 2.35. The summed E-state index contributed by atoms with van der Waals surface area (Å²) in [6.07, 6.45) is 4.14. The number of hydrogen-bond donors (Lipinski definition) is 1. The van der Waals surface area contributed by atoms with Crippen molar-refractivity contribution in [3.63, 3.8) is 0 Å². The van der Waals surface area contributed by atoms with Crippen molar-refractivity contribution < 1.29 is 4.74 Å². The Hall–Kier alpha value is -1.54. The van der Waals surface area contributed by atoms with Crippen molar-refractivity contribution in [1.29, 1.82) is 0 Å². The lowest BCUT2D eigenvalue weighted by Crippen LogP contribution is -2.48. The van der Waals surface area contributed by atoms with Gasteiger partial charge in [-0.2, -0.15) is 0 Å². The molecule has 0 aliphatic carbocycles. The number of aryl methyl sites for hydroxylation is 2. The van der Waals surface area contributed by atoms with Gasteiger partial charge in [0.1, 0.15) is 0 Å². The molecule has 0 unspecified atom stereocenters. The SMILES string of the molecule is CN=C(NCC1(c2ccccc2C)CCOCC1)N(C)Cc1cccn1C.I. The van der Waals surface area contributed by atoms with Gasteiger partial charge in [-0.1, -0.05) is 24.3 Å². The van der Waals surface area contributed by atoms with Crippen LogP contribution < -0.4 is 5.32 Å². The molecule has 1 saturated heterocycles. The van der Waals surface area contributed by atoms with Crippen LogP contribution in [0.4, 0.5) is 0 Å². The Labute approximate surface area is 186 Å². The number of aliphatic imine (C=N–C) groups is 1. The zero-order chi connectivity index (χ0) is 19.3. The number of hydrogen-bond acceptors (Lipinski definition) is 2. The molecule has 0 atom stereocenters. The van der Waals surface area contributed by atoms with Gasteiger partial charge < -0.3 is 19.5 Å². The van der Waals surface area contributed by atoms with Crippen LogP contribution >= 0.6 is 24.0 Å². The molecule has 2 heterocycles. The fourth-order valence-corrected chi connectivity index (χ4v) is 4.08. The minimum atomic E-state index is 0. The van der Waals surface area contributed by atoms with E-state index in [1.54, 1.807) is 0 Å². The van der Waals surface area contributed by atoms with E-state index < -0.39 is 0 Å². The minimum absolute atomic E-state index is 0. The molecule has 5 nitrogen and oxygen atoms in total. The fraction of sp³-hybridized carbons (Fsp3) is 0.500. The lowest BCUT2D eigenvalue weighted by molar-refractivity contribution is 0.0510. The number of aromatic nitrogens is 1. The predicted octanol–water partition coefficient (Wildman–Crippen LogP) is 3.71. The van der Waals surface area contributed by atoms with Crippen molar-refractivity contribution in [2.45, 2.75) is 31.7 Å². The third kappa shape index (κ3) is 5.08. The van der Waals surface area contributed by atoms with Gasteiger partial charge in [0.15, 0.2) is 5.96 Å². The number of guanidine groups is 1. The van der Waals surface area contributed by atoms with Gasteiger partial charge in [-0.3, -0.25) is 4.99 Å². The van der Waals surface area contributed by atoms with Crippen molar-refractivity contribution in [3.05, 3.63) is 59.4 Å². The Balaban J connectivity index is 0.00000280. The lowest BCUT2D eigenvalue weighted by Gasteiger charge is -2.39. The Morgan fingerprint density at radius 2 is 1.93 bits per heavy atom. The second kappa shape index (κ2) is 10.3. The van der Waals surface area contributed by atoms with Crippen LogP contribution in [0.5, 0.6) is 0 Å². The Morgan fingerprint density at radius 1 is 1.21 bits per heavy atom. The van der Waals surface area contributed by atoms with E-state index in [4.69, 9.17) is 4.74 Å². The van der Waals surface area contributed by atoms with Gasteiger partial charge in [-0.15, -0.1) is 24.0 Å². The molecule has 6 heteroatoms. The average Bonchev–Trinajstić information content (AvgIpc) is 3.08. The maximum absolute atomic E-state index is 5.68. The Kier molecular flexibility index (Phi) is 8.37. The number of halogens is 1. The molecule has 154 valence electrons. The van der Waals surface area contributed by atoms with Gasteiger partial charge in [-0.05, 0) is 43.0 Å². The molecule has 2 aromatic rings. The van der Waals surface area contributed by atoms with E-state index >= 15 is 0 Å². The van der Waals surface area contributed by atoms with E-state index in [9.17, 15) is 0 Å². The molecule has 1 aliphatic rings. The molecule has 1 N–H and O–H groups in total. The highest BCUT2D eigenvalue weighted by molar-refractivity contribution is 14.0. The molecule has 0 radical (unpaired) electrons. The summed E-state index contributed by atoms with van der Waals surface area (Å²) in [6.45, 7) is 5.53. The van der Waals surface area contributed by atoms with Crippen molar-refractivity contribution in [1.82, 2.24) is 14.8 Å². The van der Waals surface area contributed by atoms with Crippen LogP contribution in [0, 0.1) is 6.92 Å². The van der Waals surface area contributed by atoms with Crippen LogP contribution in [0.25, 0.3) is 0 Å². The number of rotatable bonds is 5. The molecule has 0 amide bonds. The smallest absolute Gasteiger partial charge is 0.193 e. The Bertz CT molecular complexity index is 780. The third-order valence-corrected chi connectivity index (χ3v) is 5.78. The van der Waals surface area contributed by atoms with Crippen molar-refractivity contribution >= 4 is 29.9 Å². The van der Waals surface area contributed by atoms with Gasteiger partial charge in [0.2, 0.25) is 0 Å². The van der Waals surface area contributed by atoms with Crippen LogP contribution in [0.2, 0.25) is 0 Å². The van der Waals surface area contributed by atoms with Gasteiger partial charge in [0, 0.05) is 58.2 Å². The van der Waals surface area contributed by atoms with Gasteiger partial charge in [0.05, 0.1) is 6.54 Å². The summed E-state index contributed by atoms with van der Waals surface area (Å²) in [6, 6.07) is 13.0. The minimum Gasteiger partial charge on any atom is -0.381 e. The second-order valence-electron chi connectivity index (χ2n) is 7.57. The molecule has 1 fully saturated rings. The summed E-state index contributed by atoms with van der Waals surface area (Å²) in [5.74, 6) is 0.927. The van der Waals surface area contributed by atoms with E-state index in [0.717, 1.165) is 45.1 Å². The van der Waals surface area contributed by atoms with Crippen LogP contribution in [0.1, 0.15) is 29.7 Å². The fourth-order valence-electron chi connectivity index (χ4n) is 4.08. The summed E-state index contributed by atoms with van der Waals surface area (Å²) in [7, 11) is 6.02. The van der Waals surface area contributed by atoms with Crippen LogP contribution in [-0.2, 0) is 23.7 Å². The molecule has 0 spiro atoms. The average molecular weight is 496 g/mol. The number of nitrogens with one attached hydrogen (secondary N) is 1. The second-order valence-corrected chi connectivity index (χ2v) is 7.57. The van der Waals surface area contributed by atoms with Crippen molar-refractivity contribution in [3.8, 4) is 0 Å². The zero-order valence-corrected chi connectivity index (χ0v) is 19.8. The first-order chi connectivity index (χ1) is 13.1. The van der Waals surface area contributed by atoms with Gasteiger partial charge in [-0.25, -0.2) is 0 Å². The summed E-state index contributed by atoms with van der Waals surface area (Å²) in [5, 5.41) is 3.65. The maximum Gasteiger partial charge on any atom is 0.193 e. The predicted molar refractivity (Wildman–Crippen MR) is 127 cm³/mol. The first-order valence-corrected chi connectivity index (χ1v) is 9.71. The first-order valence-electron chi connectivity index (χ1n) is 9.71. The molecule has 3 rings (SSSR count). The lowest BCUT2D eigenvalue weighted by atomic mass is 9.72. The standard InChI is InChI=1S/C22H32N4O.HI/c1-18-8-5-6-10-20(18)22(11-14-27-15-12-22)17-24-21(23-2)26(4)16-19-9-7-13-25(19)3;/h5-10,13H,11-12,14-17H2,1-4H3,(H,23,24);1H. The van der Waals surface area contributed by atoms with Crippen LogP contribution in [0.3, 0.4) is 0 Å².